The number of nitrogen functional groups attached to an aromatic ring is 1. The molecule has 1 aromatic heterocycles. The number of anilines is 3. The fraction of sp³-hybridized carbons (Fsp3) is 0.273. The molecule has 0 aliphatic carbocycles. The molecule has 11 heteroatoms. The number of nitrogens with two attached hydrogens (primary N) is 1. The molecule has 0 aliphatic heterocycles. The van der Waals surface area contributed by atoms with Gasteiger partial charge in [0.25, 0.3) is 0 Å². The van der Waals surface area contributed by atoms with Gasteiger partial charge in [0.05, 0.1) is 28.6 Å². The molecule has 3 rings (SSSR count). The summed E-state index contributed by atoms with van der Waals surface area (Å²) in [4.78, 5) is 8.77. The number of ether oxygens (including phenoxy) is 1. The van der Waals surface area contributed by atoms with E-state index in [1.165, 1.54) is 13.2 Å². The van der Waals surface area contributed by atoms with Crippen molar-refractivity contribution < 1.29 is 17.7 Å². The Hall–Kier alpha value is -2.61. The number of halogens is 1. The van der Waals surface area contributed by atoms with Gasteiger partial charge in [-0.2, -0.15) is 4.98 Å². The highest BCUT2D eigenvalue weighted by atomic mass is 35.5. The first kappa shape index (κ1) is 25.0. The summed E-state index contributed by atoms with van der Waals surface area (Å²) < 4.78 is 43.8. The predicted molar refractivity (Wildman–Crippen MR) is 135 cm³/mol. The highest BCUT2D eigenvalue weighted by Crippen LogP contribution is 2.39. The van der Waals surface area contributed by atoms with Gasteiger partial charge in [0, 0.05) is 10.9 Å². The van der Waals surface area contributed by atoms with E-state index < -0.39 is 22.2 Å². The molecule has 0 spiro atoms. The highest BCUT2D eigenvalue weighted by molar-refractivity contribution is 7.92. The third kappa shape index (κ3) is 5.16. The van der Waals surface area contributed by atoms with Crippen molar-refractivity contribution in [2.24, 2.45) is 0 Å². The normalized spacial score (nSPS) is 12.1. The van der Waals surface area contributed by atoms with Gasteiger partial charge >= 0.3 is 0 Å². The SMILES string of the molecule is COc1ccc(P(C)(C)=O)cc1Nc1nc(N)c(Cl)c(-c2ccccc2S(=O)(=O)C(C)C)n1. The molecule has 0 radical (unpaired) electrons. The molecule has 1 heterocycles. The Bertz CT molecular complexity index is 1360. The maximum atomic E-state index is 12.9. The number of benzene rings is 2. The van der Waals surface area contributed by atoms with Gasteiger partial charge in [-0.3, -0.25) is 0 Å². The lowest BCUT2D eigenvalue weighted by atomic mass is 10.1. The second-order valence-corrected chi connectivity index (χ2v) is 14.1. The summed E-state index contributed by atoms with van der Waals surface area (Å²) in [6.07, 6.45) is 0. The maximum Gasteiger partial charge on any atom is 0.229 e. The van der Waals surface area contributed by atoms with Crippen molar-refractivity contribution in [3.05, 3.63) is 47.5 Å². The molecule has 0 unspecified atom stereocenters. The van der Waals surface area contributed by atoms with Gasteiger partial charge in [0.2, 0.25) is 5.95 Å². The summed E-state index contributed by atoms with van der Waals surface area (Å²) in [5.41, 5.74) is 7.03. The van der Waals surface area contributed by atoms with Gasteiger partial charge in [-0.25, -0.2) is 13.4 Å². The molecule has 0 bridgehead atoms. The molecule has 0 amide bonds. The van der Waals surface area contributed by atoms with Crippen LogP contribution in [0.3, 0.4) is 0 Å². The molecule has 0 saturated carbocycles. The molecule has 33 heavy (non-hydrogen) atoms. The van der Waals surface area contributed by atoms with Crippen molar-refractivity contribution in [2.75, 3.05) is 31.5 Å². The van der Waals surface area contributed by atoms with Crippen LogP contribution in [-0.2, 0) is 14.4 Å². The second-order valence-electron chi connectivity index (χ2n) is 8.05. The number of rotatable bonds is 7. The summed E-state index contributed by atoms with van der Waals surface area (Å²) in [7, 11) is -4.65. The molecular weight excluding hydrogens is 483 g/mol. The van der Waals surface area contributed by atoms with Gasteiger partial charge < -0.3 is 20.4 Å². The van der Waals surface area contributed by atoms with E-state index in [9.17, 15) is 13.0 Å². The van der Waals surface area contributed by atoms with E-state index >= 15 is 0 Å². The number of methoxy groups -OCH3 is 1. The Labute approximate surface area is 198 Å². The lowest BCUT2D eigenvalue weighted by molar-refractivity contribution is 0.417. The Morgan fingerprint density at radius 3 is 2.39 bits per heavy atom. The number of sulfone groups is 1. The van der Waals surface area contributed by atoms with Crippen LogP contribution in [0, 0.1) is 0 Å². The van der Waals surface area contributed by atoms with Crippen molar-refractivity contribution >= 4 is 51.3 Å². The standard InChI is InChI=1S/C22H26ClN4O4PS/c1-13(2)33(29,30)18-9-7-6-8-15(18)20-19(23)21(24)27-22(26-20)25-16-12-14(32(4,5)28)10-11-17(16)31-3/h6-13H,1-5H3,(H3,24,25,26,27). The monoisotopic (exact) mass is 508 g/mol. The first-order valence-corrected chi connectivity index (χ1v) is 14.6. The number of nitrogens with zero attached hydrogens (tertiary/aromatic N) is 2. The van der Waals surface area contributed by atoms with E-state index in [0.29, 0.717) is 22.3 Å². The van der Waals surface area contributed by atoms with Crippen molar-refractivity contribution in [1.29, 1.82) is 0 Å². The molecule has 3 aromatic rings. The smallest absolute Gasteiger partial charge is 0.229 e. The summed E-state index contributed by atoms with van der Waals surface area (Å²) in [5, 5.41) is 3.08. The zero-order valence-corrected chi connectivity index (χ0v) is 21.4. The highest BCUT2D eigenvalue weighted by Gasteiger charge is 2.26. The first-order chi connectivity index (χ1) is 15.4. The maximum absolute atomic E-state index is 12.9. The summed E-state index contributed by atoms with van der Waals surface area (Å²) in [5.74, 6) is 0.544. The van der Waals surface area contributed by atoms with Crippen LogP contribution < -0.4 is 21.1 Å². The van der Waals surface area contributed by atoms with Crippen LogP contribution in [0.2, 0.25) is 5.02 Å². The first-order valence-electron chi connectivity index (χ1n) is 10.0. The molecule has 3 N–H and O–H groups in total. The second kappa shape index (κ2) is 9.33. The molecule has 0 fully saturated rings. The lowest BCUT2D eigenvalue weighted by Crippen LogP contribution is -2.15. The third-order valence-electron chi connectivity index (χ3n) is 5.00. The zero-order valence-electron chi connectivity index (χ0n) is 19.0. The van der Waals surface area contributed by atoms with Crippen molar-refractivity contribution in [3.8, 4) is 17.0 Å². The van der Waals surface area contributed by atoms with Crippen LogP contribution in [0.4, 0.5) is 17.5 Å². The minimum absolute atomic E-state index is 0.0207. The van der Waals surface area contributed by atoms with E-state index in [4.69, 9.17) is 22.1 Å². The van der Waals surface area contributed by atoms with Crippen LogP contribution in [0.25, 0.3) is 11.3 Å². The number of nitrogens with one attached hydrogen (secondary N) is 1. The number of hydrogen-bond donors (Lipinski definition) is 2. The van der Waals surface area contributed by atoms with Crippen LogP contribution in [0.15, 0.2) is 47.4 Å². The van der Waals surface area contributed by atoms with E-state index in [1.807, 2.05) is 0 Å². The summed E-state index contributed by atoms with van der Waals surface area (Å²) >= 11 is 6.41. The van der Waals surface area contributed by atoms with E-state index in [-0.39, 0.29) is 27.4 Å². The summed E-state index contributed by atoms with van der Waals surface area (Å²) in [6, 6.07) is 11.6. The van der Waals surface area contributed by atoms with E-state index in [0.717, 1.165) is 0 Å². The van der Waals surface area contributed by atoms with E-state index in [1.54, 1.807) is 63.6 Å². The van der Waals surface area contributed by atoms with Gasteiger partial charge in [-0.1, -0.05) is 29.8 Å². The van der Waals surface area contributed by atoms with E-state index in [2.05, 4.69) is 15.3 Å². The molecule has 0 aliphatic rings. The van der Waals surface area contributed by atoms with Crippen LogP contribution >= 0.6 is 18.7 Å². The zero-order chi connectivity index (χ0) is 24.6. The van der Waals surface area contributed by atoms with Gasteiger partial charge in [0.15, 0.2) is 9.84 Å². The molecule has 0 saturated heterocycles. The fourth-order valence-electron chi connectivity index (χ4n) is 3.11. The van der Waals surface area contributed by atoms with Crippen LogP contribution in [-0.4, -0.2) is 44.1 Å². The Balaban J connectivity index is 2.17. The fourth-order valence-corrected chi connectivity index (χ4v) is 5.42. The minimum atomic E-state index is -3.62. The Kier molecular flexibility index (Phi) is 7.07. The Morgan fingerprint density at radius 2 is 1.79 bits per heavy atom. The minimum Gasteiger partial charge on any atom is -0.495 e. The lowest BCUT2D eigenvalue weighted by Gasteiger charge is -2.17. The quantitative estimate of drug-likeness (QED) is 0.445. The van der Waals surface area contributed by atoms with Crippen LogP contribution in [0.5, 0.6) is 5.75 Å². The number of aromatic nitrogens is 2. The average Bonchev–Trinajstić information content (AvgIpc) is 2.75. The topological polar surface area (TPSA) is 124 Å². The van der Waals surface area contributed by atoms with Gasteiger partial charge in [-0.05, 0) is 51.4 Å². The molecule has 176 valence electrons. The number of hydrogen-bond acceptors (Lipinski definition) is 8. The van der Waals surface area contributed by atoms with Crippen molar-refractivity contribution in [2.45, 2.75) is 24.0 Å². The Morgan fingerprint density at radius 1 is 1.12 bits per heavy atom. The van der Waals surface area contributed by atoms with Crippen LogP contribution in [0.1, 0.15) is 13.8 Å². The van der Waals surface area contributed by atoms with Gasteiger partial charge in [0.1, 0.15) is 23.7 Å². The van der Waals surface area contributed by atoms with Gasteiger partial charge in [-0.15, -0.1) is 0 Å². The third-order valence-corrected chi connectivity index (χ3v) is 9.10. The molecule has 2 aromatic carbocycles. The van der Waals surface area contributed by atoms with Crippen molar-refractivity contribution in [1.82, 2.24) is 9.97 Å². The molecule has 0 atom stereocenters. The molecular formula is C22H26ClN4O4PS. The average molecular weight is 509 g/mol. The largest absolute Gasteiger partial charge is 0.495 e. The predicted octanol–water partition coefficient (Wildman–Crippen LogP) is 4.56. The molecule has 8 nitrogen and oxygen atoms in total. The summed E-state index contributed by atoms with van der Waals surface area (Å²) in [6.45, 7) is 6.54. The van der Waals surface area contributed by atoms with Crippen molar-refractivity contribution in [3.63, 3.8) is 0 Å².